The molecule has 0 amide bonds. The number of Topliss-reactive ketones (excluding diaryl/α,β-unsaturated/α-hetero) is 1. The van der Waals surface area contributed by atoms with Gasteiger partial charge in [0.25, 0.3) is 0 Å². The molecule has 31 heavy (non-hydrogen) atoms. The van der Waals surface area contributed by atoms with E-state index in [-0.39, 0.29) is 11.2 Å². The lowest BCUT2D eigenvalue weighted by molar-refractivity contribution is -0.137. The van der Waals surface area contributed by atoms with Crippen LogP contribution in [0.5, 0.6) is 0 Å². The number of carbonyl (C=O) groups is 1. The van der Waals surface area contributed by atoms with Gasteiger partial charge in [0.05, 0.1) is 11.6 Å². The van der Waals surface area contributed by atoms with Crippen molar-refractivity contribution < 1.29 is 18.0 Å². The molecule has 1 N–H and O–H groups in total. The van der Waals surface area contributed by atoms with Crippen LogP contribution in [0, 0.1) is 5.41 Å². The van der Waals surface area contributed by atoms with Crippen molar-refractivity contribution in [1.29, 1.82) is 0 Å². The second-order valence-electron chi connectivity index (χ2n) is 9.24. The van der Waals surface area contributed by atoms with Gasteiger partial charge in [0.2, 0.25) is 0 Å². The normalized spacial score (nSPS) is 20.3. The Balaban J connectivity index is 1.76. The van der Waals surface area contributed by atoms with Crippen LogP contribution in [0.25, 0.3) is 16.3 Å². The molecular formula is C26H22F3NO. The zero-order chi connectivity index (χ0) is 22.0. The van der Waals surface area contributed by atoms with E-state index in [4.69, 9.17) is 0 Å². The van der Waals surface area contributed by atoms with Crippen LogP contribution < -0.4 is 5.32 Å². The number of nitrogens with one attached hydrogen (secondary N) is 1. The fourth-order valence-corrected chi connectivity index (χ4v) is 4.98. The van der Waals surface area contributed by atoms with E-state index in [1.54, 1.807) is 6.07 Å². The van der Waals surface area contributed by atoms with Crippen LogP contribution in [0.15, 0.2) is 66.2 Å². The molecule has 0 bridgehead atoms. The molecule has 0 radical (unpaired) electrons. The van der Waals surface area contributed by atoms with Gasteiger partial charge in [0, 0.05) is 23.2 Å². The monoisotopic (exact) mass is 421 g/mol. The highest BCUT2D eigenvalue weighted by atomic mass is 19.4. The molecule has 1 aliphatic carbocycles. The van der Waals surface area contributed by atoms with Crippen molar-refractivity contribution in [3.8, 4) is 0 Å². The van der Waals surface area contributed by atoms with Crippen LogP contribution in [0.4, 0.5) is 18.9 Å². The summed E-state index contributed by atoms with van der Waals surface area (Å²) in [5.41, 5.74) is 2.94. The minimum absolute atomic E-state index is 0.000235. The number of benzene rings is 3. The first-order valence-electron chi connectivity index (χ1n) is 10.4. The Morgan fingerprint density at radius 2 is 1.74 bits per heavy atom. The van der Waals surface area contributed by atoms with Crippen LogP contribution >= 0.6 is 0 Å². The number of anilines is 1. The molecule has 0 saturated heterocycles. The van der Waals surface area contributed by atoms with E-state index < -0.39 is 17.8 Å². The number of allylic oxidation sites excluding steroid dienone is 1. The molecule has 5 heteroatoms. The van der Waals surface area contributed by atoms with Gasteiger partial charge in [0.1, 0.15) is 0 Å². The minimum Gasteiger partial charge on any atom is -0.373 e. The number of carbonyl (C=O) groups excluding carboxylic acids is 1. The van der Waals surface area contributed by atoms with Crippen molar-refractivity contribution in [2.24, 2.45) is 5.41 Å². The van der Waals surface area contributed by atoms with E-state index in [2.05, 4.69) is 19.2 Å². The van der Waals surface area contributed by atoms with Gasteiger partial charge in [-0.25, -0.2) is 0 Å². The average molecular weight is 421 g/mol. The predicted molar refractivity (Wildman–Crippen MR) is 117 cm³/mol. The van der Waals surface area contributed by atoms with Gasteiger partial charge in [-0.05, 0) is 51.9 Å². The number of hydrogen-bond acceptors (Lipinski definition) is 2. The van der Waals surface area contributed by atoms with Crippen LogP contribution in [-0.2, 0) is 11.0 Å². The fraction of sp³-hybridized carbons (Fsp3) is 0.269. The number of halogens is 3. The van der Waals surface area contributed by atoms with Gasteiger partial charge >= 0.3 is 6.18 Å². The predicted octanol–water partition coefficient (Wildman–Crippen LogP) is 7.17. The minimum atomic E-state index is -4.44. The smallest absolute Gasteiger partial charge is 0.373 e. The molecule has 1 aliphatic heterocycles. The van der Waals surface area contributed by atoms with E-state index in [1.807, 2.05) is 36.4 Å². The number of fused-ring (bicyclic) bond motifs is 4. The first kappa shape index (κ1) is 19.9. The van der Waals surface area contributed by atoms with Crippen LogP contribution in [0.3, 0.4) is 0 Å². The van der Waals surface area contributed by atoms with Gasteiger partial charge in [-0.2, -0.15) is 13.2 Å². The Morgan fingerprint density at radius 3 is 2.52 bits per heavy atom. The molecule has 158 valence electrons. The highest BCUT2D eigenvalue weighted by Crippen LogP contribution is 2.52. The fourth-order valence-electron chi connectivity index (χ4n) is 4.98. The second-order valence-corrected chi connectivity index (χ2v) is 9.24. The quantitative estimate of drug-likeness (QED) is 0.451. The molecule has 3 aromatic carbocycles. The molecule has 5 rings (SSSR count). The largest absolute Gasteiger partial charge is 0.416 e. The summed E-state index contributed by atoms with van der Waals surface area (Å²) in [5.74, 6) is -0.000235. The van der Waals surface area contributed by atoms with E-state index >= 15 is 0 Å². The van der Waals surface area contributed by atoms with Crippen LogP contribution in [0.2, 0.25) is 0 Å². The molecule has 0 fully saturated rings. The SMILES string of the molecule is CC1(C)CC(=O)C2=C(C1)c1c(ccc3ccccc13)N[C@@H]2c1cccc(C(F)(F)F)c1. The molecule has 1 atom stereocenters. The molecule has 3 aromatic rings. The zero-order valence-electron chi connectivity index (χ0n) is 17.3. The maximum Gasteiger partial charge on any atom is 0.416 e. The van der Waals surface area contributed by atoms with Crippen molar-refractivity contribution in [2.75, 3.05) is 5.32 Å². The van der Waals surface area contributed by atoms with Crippen molar-refractivity contribution >= 4 is 27.8 Å². The Morgan fingerprint density at radius 1 is 0.968 bits per heavy atom. The lowest BCUT2D eigenvalue weighted by Crippen LogP contribution is -2.33. The lowest BCUT2D eigenvalue weighted by atomic mass is 9.68. The van der Waals surface area contributed by atoms with Gasteiger partial charge in [-0.15, -0.1) is 0 Å². The number of ketones is 1. The third-order valence-electron chi connectivity index (χ3n) is 6.29. The average Bonchev–Trinajstić information content (AvgIpc) is 2.71. The van der Waals surface area contributed by atoms with E-state index in [1.165, 1.54) is 6.07 Å². The van der Waals surface area contributed by atoms with Gasteiger partial charge in [-0.1, -0.05) is 56.3 Å². The topological polar surface area (TPSA) is 29.1 Å². The number of alkyl halides is 3. The highest BCUT2D eigenvalue weighted by Gasteiger charge is 2.41. The van der Waals surface area contributed by atoms with Gasteiger partial charge < -0.3 is 5.32 Å². The summed E-state index contributed by atoms with van der Waals surface area (Å²) in [5, 5.41) is 5.52. The van der Waals surface area contributed by atoms with Crippen LogP contribution in [0.1, 0.15) is 49.4 Å². The molecule has 0 saturated carbocycles. The lowest BCUT2D eigenvalue weighted by Gasteiger charge is -2.40. The Hall–Kier alpha value is -3.08. The first-order chi connectivity index (χ1) is 14.6. The van der Waals surface area contributed by atoms with Crippen molar-refractivity contribution in [2.45, 2.75) is 38.9 Å². The van der Waals surface area contributed by atoms with Crippen molar-refractivity contribution in [3.05, 3.63) is 82.9 Å². The van der Waals surface area contributed by atoms with E-state index in [9.17, 15) is 18.0 Å². The maximum atomic E-state index is 13.4. The van der Waals surface area contributed by atoms with Gasteiger partial charge in [-0.3, -0.25) is 4.79 Å². The Kier molecular flexibility index (Phi) is 4.30. The molecule has 0 aromatic heterocycles. The van der Waals surface area contributed by atoms with E-state index in [0.29, 0.717) is 24.0 Å². The number of rotatable bonds is 1. The highest BCUT2D eigenvalue weighted by molar-refractivity contribution is 6.12. The summed E-state index contributed by atoms with van der Waals surface area (Å²) in [6.45, 7) is 4.14. The summed E-state index contributed by atoms with van der Waals surface area (Å²) >= 11 is 0. The van der Waals surface area contributed by atoms with Gasteiger partial charge in [0.15, 0.2) is 5.78 Å². The zero-order valence-corrected chi connectivity index (χ0v) is 17.3. The van der Waals surface area contributed by atoms with E-state index in [0.717, 1.165) is 39.7 Å². The number of hydrogen-bond donors (Lipinski definition) is 1. The molecule has 0 spiro atoms. The molecule has 2 nitrogen and oxygen atoms in total. The Labute approximate surface area is 178 Å². The summed E-state index contributed by atoms with van der Waals surface area (Å²) in [7, 11) is 0. The first-order valence-corrected chi connectivity index (χ1v) is 10.4. The van der Waals surface area contributed by atoms with Crippen LogP contribution in [-0.4, -0.2) is 5.78 Å². The summed E-state index contributed by atoms with van der Waals surface area (Å²) < 4.78 is 40.1. The molecule has 1 heterocycles. The summed E-state index contributed by atoms with van der Waals surface area (Å²) in [6.07, 6.45) is -3.36. The molecular weight excluding hydrogens is 399 g/mol. The van der Waals surface area contributed by atoms with Crippen molar-refractivity contribution in [3.63, 3.8) is 0 Å². The standard InChI is InChI=1S/C26H22F3NO/c1-25(2)13-19-22-18-9-4-3-6-15(18)10-11-20(22)30-24(23(19)21(31)14-25)16-7-5-8-17(12-16)26(27,28)29/h3-12,24,30H,13-14H2,1-2H3/t24-/m1/s1. The van der Waals surface area contributed by atoms with Crippen molar-refractivity contribution in [1.82, 2.24) is 0 Å². The maximum absolute atomic E-state index is 13.4. The second kappa shape index (κ2) is 6.71. The Bertz CT molecular complexity index is 1250. The molecule has 2 aliphatic rings. The third-order valence-corrected chi connectivity index (χ3v) is 6.29. The summed E-state index contributed by atoms with van der Waals surface area (Å²) in [6, 6.07) is 16.7. The molecule has 0 unspecified atom stereocenters. The third kappa shape index (κ3) is 3.32. The summed E-state index contributed by atoms with van der Waals surface area (Å²) in [4.78, 5) is 13.3.